The number of aromatic nitrogens is 1. The molecule has 0 unspecified atom stereocenters. The van der Waals surface area contributed by atoms with Gasteiger partial charge in [0, 0.05) is 49.1 Å². The van der Waals surface area contributed by atoms with Gasteiger partial charge in [0.25, 0.3) is 0 Å². The molecule has 0 saturated carbocycles. The summed E-state index contributed by atoms with van der Waals surface area (Å²) in [7, 11) is 0. The van der Waals surface area contributed by atoms with E-state index in [4.69, 9.17) is 4.74 Å². The van der Waals surface area contributed by atoms with Crippen LogP contribution in [0.5, 0.6) is 0 Å². The van der Waals surface area contributed by atoms with E-state index in [1.165, 1.54) is 11.3 Å². The van der Waals surface area contributed by atoms with E-state index in [0.29, 0.717) is 19.8 Å². The van der Waals surface area contributed by atoms with Gasteiger partial charge in [0.05, 0.1) is 18.1 Å². The van der Waals surface area contributed by atoms with Crippen LogP contribution in [0, 0.1) is 6.92 Å². The number of nitrogens with zero attached hydrogens (tertiary/aromatic N) is 2. The van der Waals surface area contributed by atoms with Crippen LogP contribution in [0.1, 0.15) is 33.0 Å². The molecule has 138 valence electrons. The van der Waals surface area contributed by atoms with Crippen molar-refractivity contribution in [3.8, 4) is 0 Å². The van der Waals surface area contributed by atoms with E-state index in [0.717, 1.165) is 34.2 Å². The molecule has 1 fully saturated rings. The van der Waals surface area contributed by atoms with Gasteiger partial charge in [-0.3, -0.25) is 9.59 Å². The molecule has 1 amide bonds. The average Bonchev–Trinajstić information content (AvgIpc) is 3.12. The smallest absolute Gasteiger partial charge is 0.220 e. The molecule has 1 aliphatic rings. The summed E-state index contributed by atoms with van der Waals surface area (Å²) in [5.74, 6) is 0.790. The Morgan fingerprint density at radius 2 is 2.04 bits per heavy atom. The zero-order valence-corrected chi connectivity index (χ0v) is 15.7. The second kappa shape index (κ2) is 8.91. The highest BCUT2D eigenvalue weighted by Gasteiger charge is 2.16. The van der Waals surface area contributed by atoms with Crippen molar-refractivity contribution in [1.29, 1.82) is 0 Å². The van der Waals surface area contributed by atoms with Gasteiger partial charge in [0.15, 0.2) is 5.78 Å². The highest BCUT2D eigenvalue weighted by molar-refractivity contribution is 7.14. The summed E-state index contributed by atoms with van der Waals surface area (Å²) in [4.78, 5) is 32.7. The van der Waals surface area contributed by atoms with E-state index in [1.54, 1.807) is 6.20 Å². The Morgan fingerprint density at radius 3 is 2.77 bits per heavy atom. The number of ether oxygens (including phenoxy) is 1. The molecule has 1 aliphatic heterocycles. The van der Waals surface area contributed by atoms with Crippen LogP contribution in [-0.4, -0.2) is 43.0 Å². The normalized spacial score (nSPS) is 14.3. The Labute approximate surface area is 157 Å². The first kappa shape index (κ1) is 18.5. The van der Waals surface area contributed by atoms with Crippen LogP contribution >= 0.6 is 11.3 Å². The number of pyridine rings is 1. The minimum Gasteiger partial charge on any atom is -0.378 e. The molecule has 3 rings (SSSR count). The highest BCUT2D eigenvalue weighted by atomic mass is 32.1. The van der Waals surface area contributed by atoms with Gasteiger partial charge < -0.3 is 15.0 Å². The lowest BCUT2D eigenvalue weighted by Crippen LogP contribution is -2.37. The molecule has 1 saturated heterocycles. The fraction of sp³-hybridized carbons (Fsp3) is 0.421. The molecular formula is C19H23N3O3S. The second-order valence-corrected chi connectivity index (χ2v) is 7.48. The molecule has 0 aromatic carbocycles. The molecule has 0 spiro atoms. The molecule has 2 aromatic rings. The molecule has 0 radical (unpaired) electrons. The van der Waals surface area contributed by atoms with E-state index >= 15 is 0 Å². The third-order valence-corrected chi connectivity index (χ3v) is 5.29. The third kappa shape index (κ3) is 4.89. The quantitative estimate of drug-likeness (QED) is 0.755. The maximum atomic E-state index is 12.1. The number of amides is 1. The van der Waals surface area contributed by atoms with Crippen LogP contribution in [0.3, 0.4) is 0 Å². The molecule has 2 aromatic heterocycles. The van der Waals surface area contributed by atoms with Gasteiger partial charge in [-0.1, -0.05) is 6.07 Å². The van der Waals surface area contributed by atoms with Gasteiger partial charge in [-0.15, -0.1) is 11.3 Å². The van der Waals surface area contributed by atoms with Crippen LogP contribution in [0.15, 0.2) is 30.5 Å². The lowest BCUT2D eigenvalue weighted by molar-refractivity contribution is -0.121. The largest absolute Gasteiger partial charge is 0.378 e. The Balaban J connectivity index is 1.51. The van der Waals surface area contributed by atoms with Gasteiger partial charge in [-0.05, 0) is 25.1 Å². The summed E-state index contributed by atoms with van der Waals surface area (Å²) in [6, 6.07) is 7.59. The van der Waals surface area contributed by atoms with Crippen molar-refractivity contribution in [3.63, 3.8) is 0 Å². The van der Waals surface area contributed by atoms with Crippen molar-refractivity contribution in [2.45, 2.75) is 26.3 Å². The zero-order chi connectivity index (χ0) is 18.4. The van der Waals surface area contributed by atoms with Gasteiger partial charge in [-0.25, -0.2) is 4.98 Å². The molecule has 3 heterocycles. The maximum Gasteiger partial charge on any atom is 0.220 e. The zero-order valence-electron chi connectivity index (χ0n) is 14.9. The predicted molar refractivity (Wildman–Crippen MR) is 102 cm³/mol. The third-order valence-electron chi connectivity index (χ3n) is 4.25. The maximum absolute atomic E-state index is 12.1. The van der Waals surface area contributed by atoms with Crippen LogP contribution in [-0.2, 0) is 16.1 Å². The number of rotatable bonds is 7. The predicted octanol–water partition coefficient (Wildman–Crippen LogP) is 2.57. The number of Topliss-reactive ketones (excluding diaryl/α,β-unsaturated/α-hetero) is 1. The van der Waals surface area contributed by atoms with E-state index < -0.39 is 0 Å². The average molecular weight is 373 g/mol. The fourth-order valence-corrected chi connectivity index (χ4v) is 3.68. The Bertz CT molecular complexity index is 769. The lowest BCUT2D eigenvalue weighted by Gasteiger charge is -2.29. The standard InChI is InChI=1S/C19H23N3O3S/c1-14-4-6-17(26-14)16(23)5-7-18(24)21-13-15-3-2-8-20-19(15)22-9-11-25-12-10-22/h2-4,6,8H,5,7,9-13H2,1H3,(H,21,24). The number of carbonyl (C=O) groups is 2. The van der Waals surface area contributed by atoms with Crippen molar-refractivity contribution < 1.29 is 14.3 Å². The first-order chi connectivity index (χ1) is 12.6. The Hall–Kier alpha value is -2.25. The van der Waals surface area contributed by atoms with E-state index in [9.17, 15) is 9.59 Å². The number of carbonyl (C=O) groups excluding carboxylic acids is 2. The van der Waals surface area contributed by atoms with Crippen LogP contribution in [0.25, 0.3) is 0 Å². The van der Waals surface area contributed by atoms with E-state index in [1.807, 2.05) is 31.2 Å². The van der Waals surface area contributed by atoms with Gasteiger partial charge >= 0.3 is 0 Å². The molecule has 0 atom stereocenters. The number of ketones is 1. The van der Waals surface area contributed by atoms with Crippen LogP contribution in [0.2, 0.25) is 0 Å². The van der Waals surface area contributed by atoms with Crippen molar-refractivity contribution in [3.05, 3.63) is 45.8 Å². The summed E-state index contributed by atoms with van der Waals surface area (Å²) in [5, 5.41) is 2.90. The summed E-state index contributed by atoms with van der Waals surface area (Å²) < 4.78 is 5.38. The molecular weight excluding hydrogens is 350 g/mol. The highest BCUT2D eigenvalue weighted by Crippen LogP contribution is 2.19. The monoisotopic (exact) mass is 373 g/mol. The number of morpholine rings is 1. The number of anilines is 1. The van der Waals surface area contributed by atoms with Crippen molar-refractivity contribution in [2.75, 3.05) is 31.2 Å². The molecule has 7 heteroatoms. The second-order valence-electron chi connectivity index (χ2n) is 6.20. The van der Waals surface area contributed by atoms with Crippen molar-refractivity contribution >= 4 is 28.8 Å². The molecule has 0 bridgehead atoms. The number of hydrogen-bond acceptors (Lipinski definition) is 6. The van der Waals surface area contributed by atoms with E-state index in [-0.39, 0.29) is 24.5 Å². The van der Waals surface area contributed by atoms with Crippen LogP contribution in [0.4, 0.5) is 5.82 Å². The summed E-state index contributed by atoms with van der Waals surface area (Å²) >= 11 is 1.47. The van der Waals surface area contributed by atoms with Crippen LogP contribution < -0.4 is 10.2 Å². The lowest BCUT2D eigenvalue weighted by atomic mass is 10.1. The van der Waals surface area contributed by atoms with Crippen molar-refractivity contribution in [1.82, 2.24) is 10.3 Å². The summed E-state index contributed by atoms with van der Waals surface area (Å²) in [5.41, 5.74) is 0.975. The van der Waals surface area contributed by atoms with Gasteiger partial charge in [0.2, 0.25) is 5.91 Å². The minimum atomic E-state index is -0.122. The summed E-state index contributed by atoms with van der Waals surface area (Å²) in [6.45, 7) is 5.35. The molecule has 1 N–H and O–H groups in total. The molecule has 0 aliphatic carbocycles. The Kier molecular flexibility index (Phi) is 6.35. The molecule has 6 nitrogen and oxygen atoms in total. The first-order valence-corrected chi connectivity index (χ1v) is 9.58. The van der Waals surface area contributed by atoms with E-state index in [2.05, 4.69) is 15.2 Å². The van der Waals surface area contributed by atoms with Gasteiger partial charge in [-0.2, -0.15) is 0 Å². The number of hydrogen-bond donors (Lipinski definition) is 1. The van der Waals surface area contributed by atoms with Gasteiger partial charge in [0.1, 0.15) is 5.82 Å². The number of nitrogens with one attached hydrogen (secondary N) is 1. The fourth-order valence-electron chi connectivity index (χ4n) is 2.84. The number of aryl methyl sites for hydroxylation is 1. The number of thiophene rings is 1. The first-order valence-electron chi connectivity index (χ1n) is 8.76. The minimum absolute atomic E-state index is 0.0219. The van der Waals surface area contributed by atoms with Crippen molar-refractivity contribution in [2.24, 2.45) is 0 Å². The SMILES string of the molecule is Cc1ccc(C(=O)CCC(=O)NCc2cccnc2N2CCOCC2)s1. The topological polar surface area (TPSA) is 71.5 Å². The molecule has 26 heavy (non-hydrogen) atoms. The Morgan fingerprint density at radius 1 is 1.23 bits per heavy atom. The summed E-state index contributed by atoms with van der Waals surface area (Å²) in [6.07, 6.45) is 2.19.